The number of rotatable bonds is 3. The monoisotopic (exact) mass is 220 g/mol. The summed E-state index contributed by atoms with van der Waals surface area (Å²) in [6.45, 7) is 3.81. The summed E-state index contributed by atoms with van der Waals surface area (Å²) in [7, 11) is 0. The van der Waals surface area contributed by atoms with E-state index >= 15 is 0 Å². The van der Waals surface area contributed by atoms with Gasteiger partial charge in [-0.05, 0) is 26.2 Å². The molecule has 0 heterocycles. The molecule has 1 amide bonds. The predicted octanol–water partition coefficient (Wildman–Crippen LogP) is 2.69. The van der Waals surface area contributed by atoms with E-state index in [9.17, 15) is 4.79 Å². The second-order valence-electron chi connectivity index (χ2n) is 4.43. The van der Waals surface area contributed by atoms with Gasteiger partial charge >= 0.3 is 0 Å². The zero-order valence-electron chi connectivity index (χ0n) is 10.2. The predicted molar refractivity (Wildman–Crippen MR) is 63.6 cm³/mol. The molecule has 0 spiro atoms. The highest BCUT2D eigenvalue weighted by atomic mass is 16.1. The number of nitriles is 1. The van der Waals surface area contributed by atoms with Crippen LogP contribution in [0.5, 0.6) is 0 Å². The van der Waals surface area contributed by atoms with Gasteiger partial charge in [0.25, 0.3) is 5.91 Å². The molecule has 88 valence electrons. The van der Waals surface area contributed by atoms with Crippen molar-refractivity contribution in [1.82, 2.24) is 5.32 Å². The van der Waals surface area contributed by atoms with Crippen molar-refractivity contribution in [3.8, 4) is 6.07 Å². The lowest BCUT2D eigenvalue weighted by Crippen LogP contribution is -2.37. The van der Waals surface area contributed by atoms with Crippen molar-refractivity contribution in [3.63, 3.8) is 0 Å². The van der Waals surface area contributed by atoms with E-state index in [1.54, 1.807) is 0 Å². The summed E-state index contributed by atoms with van der Waals surface area (Å²) in [6.07, 6.45) is 6.49. The molecular weight excluding hydrogens is 200 g/mol. The third-order valence-corrected chi connectivity index (χ3v) is 3.24. The summed E-state index contributed by atoms with van der Waals surface area (Å²) < 4.78 is 0. The Labute approximate surface area is 97.5 Å². The minimum atomic E-state index is -0.186. The molecule has 0 saturated heterocycles. The largest absolute Gasteiger partial charge is 0.349 e. The molecular formula is C13H20N2O. The molecule has 0 aromatic heterocycles. The normalized spacial score (nSPS) is 18.6. The number of hydrogen-bond acceptors (Lipinski definition) is 2. The Bertz CT molecular complexity index is 319. The molecule has 0 aromatic carbocycles. The van der Waals surface area contributed by atoms with Crippen LogP contribution < -0.4 is 5.32 Å². The van der Waals surface area contributed by atoms with Gasteiger partial charge in [-0.2, -0.15) is 5.26 Å². The minimum Gasteiger partial charge on any atom is -0.349 e. The van der Waals surface area contributed by atoms with Crippen molar-refractivity contribution in [2.45, 2.75) is 58.4 Å². The van der Waals surface area contributed by atoms with Gasteiger partial charge in [-0.15, -0.1) is 0 Å². The fourth-order valence-electron chi connectivity index (χ4n) is 2.02. The van der Waals surface area contributed by atoms with Gasteiger partial charge in [0.2, 0.25) is 0 Å². The Kier molecular flexibility index (Phi) is 5.04. The van der Waals surface area contributed by atoms with E-state index < -0.39 is 0 Å². The van der Waals surface area contributed by atoms with Gasteiger partial charge in [0.1, 0.15) is 11.6 Å². The first kappa shape index (κ1) is 12.8. The van der Waals surface area contributed by atoms with Crippen LogP contribution in [0, 0.1) is 11.3 Å². The molecule has 1 fully saturated rings. The van der Waals surface area contributed by atoms with E-state index in [2.05, 4.69) is 5.32 Å². The number of nitrogens with zero attached hydrogens (tertiary/aromatic N) is 1. The number of allylic oxidation sites excluding steroid dienone is 1. The van der Waals surface area contributed by atoms with Crippen LogP contribution in [-0.4, -0.2) is 11.9 Å². The van der Waals surface area contributed by atoms with E-state index in [0.29, 0.717) is 5.57 Å². The maximum Gasteiger partial charge on any atom is 0.262 e. The van der Waals surface area contributed by atoms with E-state index in [1.807, 2.05) is 19.9 Å². The molecule has 0 bridgehead atoms. The van der Waals surface area contributed by atoms with E-state index in [4.69, 9.17) is 5.26 Å². The summed E-state index contributed by atoms with van der Waals surface area (Å²) in [5.41, 5.74) is 1.17. The summed E-state index contributed by atoms with van der Waals surface area (Å²) in [5.74, 6) is -0.186. The maximum absolute atomic E-state index is 11.9. The molecule has 0 aromatic rings. The fraction of sp³-hybridized carbons (Fsp3) is 0.692. The van der Waals surface area contributed by atoms with Crippen molar-refractivity contribution in [2.24, 2.45) is 0 Å². The van der Waals surface area contributed by atoms with Gasteiger partial charge < -0.3 is 5.32 Å². The number of carbonyl (C=O) groups is 1. The second kappa shape index (κ2) is 6.32. The minimum absolute atomic E-state index is 0.186. The van der Waals surface area contributed by atoms with E-state index in [0.717, 1.165) is 24.8 Å². The first-order chi connectivity index (χ1) is 7.69. The number of hydrogen-bond donors (Lipinski definition) is 1. The zero-order chi connectivity index (χ0) is 12.0. The summed E-state index contributed by atoms with van der Waals surface area (Å²) in [4.78, 5) is 11.9. The smallest absolute Gasteiger partial charge is 0.262 e. The van der Waals surface area contributed by atoms with Crippen molar-refractivity contribution < 1.29 is 4.79 Å². The maximum atomic E-state index is 11.9. The molecule has 3 nitrogen and oxygen atoms in total. The number of amides is 1. The zero-order valence-corrected chi connectivity index (χ0v) is 10.2. The summed E-state index contributed by atoms with van der Waals surface area (Å²) >= 11 is 0. The Morgan fingerprint density at radius 3 is 2.50 bits per heavy atom. The summed E-state index contributed by atoms with van der Waals surface area (Å²) in [5, 5.41) is 11.9. The van der Waals surface area contributed by atoms with Crippen molar-refractivity contribution in [3.05, 3.63) is 11.1 Å². The Morgan fingerprint density at radius 1 is 1.38 bits per heavy atom. The molecule has 1 aliphatic carbocycles. The van der Waals surface area contributed by atoms with E-state index in [-0.39, 0.29) is 11.9 Å². The van der Waals surface area contributed by atoms with Crippen LogP contribution in [0.15, 0.2) is 11.1 Å². The van der Waals surface area contributed by atoms with Crippen LogP contribution in [0.3, 0.4) is 0 Å². The van der Waals surface area contributed by atoms with Gasteiger partial charge in [0.15, 0.2) is 0 Å². The molecule has 1 N–H and O–H groups in total. The Morgan fingerprint density at radius 2 is 2.00 bits per heavy atom. The van der Waals surface area contributed by atoms with Crippen LogP contribution in [0.4, 0.5) is 0 Å². The highest BCUT2D eigenvalue weighted by molar-refractivity contribution is 5.98. The van der Waals surface area contributed by atoms with Crippen LogP contribution in [0.1, 0.15) is 52.4 Å². The topological polar surface area (TPSA) is 52.9 Å². The van der Waals surface area contributed by atoms with Crippen LogP contribution in [0.2, 0.25) is 0 Å². The third-order valence-electron chi connectivity index (χ3n) is 3.24. The van der Waals surface area contributed by atoms with Gasteiger partial charge in [0, 0.05) is 6.04 Å². The SMILES string of the molecule is CC/C(C)=C(/C#N)C(=O)NC1CCCCC1. The molecule has 0 radical (unpaired) electrons. The molecule has 0 unspecified atom stereocenters. The van der Waals surface area contributed by atoms with Crippen molar-refractivity contribution >= 4 is 5.91 Å². The van der Waals surface area contributed by atoms with Gasteiger partial charge in [-0.1, -0.05) is 31.8 Å². The van der Waals surface area contributed by atoms with Crippen LogP contribution in [0.25, 0.3) is 0 Å². The van der Waals surface area contributed by atoms with Crippen molar-refractivity contribution in [1.29, 1.82) is 5.26 Å². The average molecular weight is 220 g/mol. The molecule has 3 heteroatoms. The standard InChI is InChI=1S/C13H20N2O/c1-3-10(2)12(9-14)13(16)15-11-7-5-4-6-8-11/h11H,3-8H2,1-2H3,(H,15,16)/b12-10-. The van der Waals surface area contributed by atoms with E-state index in [1.165, 1.54) is 19.3 Å². The third kappa shape index (κ3) is 3.37. The molecule has 16 heavy (non-hydrogen) atoms. The Hall–Kier alpha value is -1.30. The molecule has 1 aliphatic rings. The lowest BCUT2D eigenvalue weighted by molar-refractivity contribution is -0.118. The van der Waals surface area contributed by atoms with Gasteiger partial charge in [0.05, 0.1) is 0 Å². The molecule has 0 atom stereocenters. The van der Waals surface area contributed by atoms with Crippen molar-refractivity contribution in [2.75, 3.05) is 0 Å². The van der Waals surface area contributed by atoms with Crippen LogP contribution in [-0.2, 0) is 4.79 Å². The summed E-state index contributed by atoms with van der Waals surface area (Å²) in [6, 6.07) is 2.28. The average Bonchev–Trinajstić information content (AvgIpc) is 2.31. The fourth-order valence-corrected chi connectivity index (χ4v) is 2.02. The second-order valence-corrected chi connectivity index (χ2v) is 4.43. The van der Waals surface area contributed by atoms with Crippen LogP contribution >= 0.6 is 0 Å². The lowest BCUT2D eigenvalue weighted by atomic mass is 9.95. The van der Waals surface area contributed by atoms with Gasteiger partial charge in [-0.25, -0.2) is 0 Å². The lowest BCUT2D eigenvalue weighted by Gasteiger charge is -2.22. The number of nitrogens with one attached hydrogen (secondary N) is 1. The quantitative estimate of drug-likeness (QED) is 0.587. The number of carbonyl (C=O) groups excluding carboxylic acids is 1. The highest BCUT2D eigenvalue weighted by Gasteiger charge is 2.18. The Balaban J connectivity index is 2.60. The molecule has 1 rings (SSSR count). The first-order valence-corrected chi connectivity index (χ1v) is 6.09. The highest BCUT2D eigenvalue weighted by Crippen LogP contribution is 2.18. The first-order valence-electron chi connectivity index (χ1n) is 6.09. The molecule has 0 aliphatic heterocycles. The molecule has 1 saturated carbocycles. The van der Waals surface area contributed by atoms with Gasteiger partial charge in [-0.3, -0.25) is 4.79 Å².